The van der Waals surface area contributed by atoms with Crippen molar-refractivity contribution in [3.63, 3.8) is 0 Å². The molecule has 1 aliphatic rings. The number of hydrogen-bond acceptors (Lipinski definition) is 5. The fraction of sp³-hybridized carbons (Fsp3) is 0.217. The predicted octanol–water partition coefficient (Wildman–Crippen LogP) is 2.75. The number of halogens is 4. The summed E-state index contributed by atoms with van der Waals surface area (Å²) in [5.41, 5.74) is 6.38. The number of nitrogens with one attached hydrogen (secondary N) is 3. The van der Waals surface area contributed by atoms with Gasteiger partial charge in [-0.1, -0.05) is 6.07 Å². The zero-order chi connectivity index (χ0) is 24.6. The van der Waals surface area contributed by atoms with Gasteiger partial charge in [0.1, 0.15) is 12.1 Å². The number of carbonyl (C=O) groups is 1. The van der Waals surface area contributed by atoms with Gasteiger partial charge in [0, 0.05) is 18.2 Å². The van der Waals surface area contributed by atoms with E-state index in [4.69, 9.17) is 5.73 Å². The largest absolute Gasteiger partial charge is 1.00 e. The first-order valence-electron chi connectivity index (χ1n) is 10.2. The van der Waals surface area contributed by atoms with Gasteiger partial charge in [0.15, 0.2) is 17.5 Å². The van der Waals surface area contributed by atoms with Crippen molar-refractivity contribution in [2.75, 3.05) is 16.3 Å². The molecule has 6 nitrogen and oxygen atoms in total. The number of hydrogen-bond donors (Lipinski definition) is 2. The van der Waals surface area contributed by atoms with Gasteiger partial charge >= 0.3 is 29.6 Å². The maximum Gasteiger partial charge on any atom is 1.00 e. The molecular formula is C23H19F4N4NaO2S. The van der Waals surface area contributed by atoms with Gasteiger partial charge in [-0.3, -0.25) is 0 Å². The van der Waals surface area contributed by atoms with Crippen LogP contribution >= 0.6 is 0 Å². The zero-order valence-electron chi connectivity index (χ0n) is 18.8. The molecule has 1 unspecified atom stereocenters. The van der Waals surface area contributed by atoms with Crippen molar-refractivity contribution in [2.24, 2.45) is 0 Å². The average Bonchev–Trinajstić information content (AvgIpc) is 3.62. The van der Waals surface area contributed by atoms with E-state index in [9.17, 15) is 22.5 Å². The molecule has 3 aromatic rings. The van der Waals surface area contributed by atoms with Crippen LogP contribution in [0.15, 0.2) is 36.5 Å². The summed E-state index contributed by atoms with van der Waals surface area (Å²) in [6.07, 6.45) is 3.90. The Morgan fingerprint density at radius 2 is 1.83 bits per heavy atom. The number of rotatable bonds is 8. The number of pyridine rings is 1. The number of benzene rings is 2. The van der Waals surface area contributed by atoms with Crippen molar-refractivity contribution < 1.29 is 56.5 Å². The summed E-state index contributed by atoms with van der Waals surface area (Å²) < 4.78 is 72.8. The number of amides is 1. The van der Waals surface area contributed by atoms with Crippen LogP contribution in [0.2, 0.25) is 0 Å². The van der Waals surface area contributed by atoms with Crippen LogP contribution in [0.25, 0.3) is 5.73 Å². The first kappa shape index (κ1) is 27.3. The van der Waals surface area contributed by atoms with Crippen LogP contribution in [0, 0.1) is 23.3 Å². The quantitative estimate of drug-likeness (QED) is 0.274. The fourth-order valence-electron chi connectivity index (χ4n) is 3.58. The van der Waals surface area contributed by atoms with Crippen molar-refractivity contribution in [3.05, 3.63) is 87.8 Å². The van der Waals surface area contributed by atoms with Crippen LogP contribution in [0.3, 0.4) is 0 Å². The molecule has 1 atom stereocenters. The maximum atomic E-state index is 15.0. The zero-order valence-corrected chi connectivity index (χ0v) is 21.7. The van der Waals surface area contributed by atoms with Crippen LogP contribution in [0.5, 0.6) is 0 Å². The summed E-state index contributed by atoms with van der Waals surface area (Å²) in [4.78, 5) is 15.6. The summed E-state index contributed by atoms with van der Waals surface area (Å²) >= 11 is -1.62. The van der Waals surface area contributed by atoms with Crippen LogP contribution < -0.4 is 39.6 Å². The Morgan fingerprint density at radius 1 is 1.11 bits per heavy atom. The molecule has 0 spiro atoms. The molecule has 3 N–H and O–H groups in total. The van der Waals surface area contributed by atoms with Gasteiger partial charge < -0.3 is 20.4 Å². The van der Waals surface area contributed by atoms with E-state index < -0.39 is 63.8 Å². The Morgan fingerprint density at radius 3 is 2.43 bits per heavy atom. The molecule has 0 saturated heterocycles. The Bertz CT molecular complexity index is 1270. The molecule has 0 aliphatic heterocycles. The smallest absolute Gasteiger partial charge is 0.663 e. The van der Waals surface area contributed by atoms with Crippen molar-refractivity contribution in [2.45, 2.75) is 25.2 Å². The molecular weight excluding hydrogens is 495 g/mol. The van der Waals surface area contributed by atoms with Gasteiger partial charge in [0.05, 0.1) is 28.6 Å². The summed E-state index contributed by atoms with van der Waals surface area (Å²) in [5.74, 6) is -5.89. The third-order valence-electron chi connectivity index (χ3n) is 5.42. The molecule has 1 saturated carbocycles. The first-order valence-corrected chi connectivity index (χ1v) is 11.8. The first-order chi connectivity index (χ1) is 16.2. The standard InChI is InChI=1S/C23H20F4N4O2S.Na/c1-34(33)31-23-19(26)13(6-7-29-23)8-14-9-15(22(28)32)21(20(27)18(14)25)30-17-5-4-12(10-16(17)24)11-2-3-11;/h4-7,9-11H,2-3,8H2,1H3,(H4,28,29,30,31,32);/q;+1/p-1. The minimum absolute atomic E-state index is 0. The molecule has 1 aromatic heterocycles. The predicted molar refractivity (Wildman–Crippen MR) is 121 cm³/mol. The molecule has 1 fully saturated rings. The number of nitrogens with zero attached hydrogens (tertiary/aromatic N) is 1. The topological polar surface area (TPSA) is 101 Å². The summed E-state index contributed by atoms with van der Waals surface area (Å²) in [6, 6.07) is 6.48. The minimum Gasteiger partial charge on any atom is -0.663 e. The molecule has 4 rings (SSSR count). The third-order valence-corrected chi connectivity index (χ3v) is 5.90. The van der Waals surface area contributed by atoms with Crippen molar-refractivity contribution in [1.82, 2.24) is 4.98 Å². The van der Waals surface area contributed by atoms with E-state index in [0.717, 1.165) is 24.5 Å². The number of anilines is 3. The molecule has 0 radical (unpaired) electrons. The van der Waals surface area contributed by atoms with Gasteiger partial charge in [0.2, 0.25) is 5.82 Å². The van der Waals surface area contributed by atoms with Crippen molar-refractivity contribution in [3.8, 4) is 0 Å². The van der Waals surface area contributed by atoms with E-state index in [-0.39, 0.29) is 52.5 Å². The minimum atomic E-state index is -1.62. The Kier molecular flexibility index (Phi) is 8.71. The Balaban J connectivity index is 0.00000342. The molecule has 1 aliphatic carbocycles. The maximum absolute atomic E-state index is 15.0. The van der Waals surface area contributed by atoms with Crippen LogP contribution in [0.4, 0.5) is 34.8 Å². The van der Waals surface area contributed by atoms with Crippen molar-refractivity contribution >= 4 is 34.5 Å². The Hall–Kier alpha value is -2.31. The van der Waals surface area contributed by atoms with Gasteiger partial charge in [0.25, 0.3) is 0 Å². The molecule has 12 heteroatoms. The van der Waals surface area contributed by atoms with Crippen LogP contribution in [-0.2, 0) is 17.8 Å². The van der Waals surface area contributed by atoms with Gasteiger partial charge in [-0.15, -0.1) is 0 Å². The Labute approximate surface area is 224 Å². The molecule has 35 heavy (non-hydrogen) atoms. The van der Waals surface area contributed by atoms with E-state index in [1.807, 2.05) is 0 Å². The third kappa shape index (κ3) is 6.10. The van der Waals surface area contributed by atoms with Crippen LogP contribution in [-0.4, -0.2) is 21.7 Å². The van der Waals surface area contributed by atoms with Gasteiger partial charge in [-0.25, -0.2) is 22.5 Å². The second kappa shape index (κ2) is 11.2. The van der Waals surface area contributed by atoms with E-state index in [0.29, 0.717) is 0 Å². The molecule has 0 bridgehead atoms. The monoisotopic (exact) mass is 514 g/mol. The number of carbonyl (C=O) groups excluding carboxylic acids is 1. The van der Waals surface area contributed by atoms with E-state index in [1.165, 1.54) is 30.7 Å². The second-order valence-electron chi connectivity index (χ2n) is 7.92. The van der Waals surface area contributed by atoms with Crippen LogP contribution in [0.1, 0.15) is 45.8 Å². The van der Waals surface area contributed by atoms with E-state index in [1.54, 1.807) is 6.07 Å². The van der Waals surface area contributed by atoms with E-state index in [2.05, 4.69) is 15.0 Å². The summed E-state index contributed by atoms with van der Waals surface area (Å²) in [5, 5.41) is 2.39. The van der Waals surface area contributed by atoms with Gasteiger partial charge in [-0.05, 0) is 59.7 Å². The molecule has 1 heterocycles. The SMILES string of the molecule is C[S+]([O-])Nc1nccc(Cc2cc(C([NH-])=O)c(Nc3ccc(C4CC4)cc3F)c(F)c2F)c1F.[Na+]. The second-order valence-corrected chi connectivity index (χ2v) is 9.03. The van der Waals surface area contributed by atoms with Crippen molar-refractivity contribution in [1.29, 1.82) is 0 Å². The average molecular weight is 514 g/mol. The molecule has 178 valence electrons. The number of aromatic nitrogens is 1. The summed E-state index contributed by atoms with van der Waals surface area (Å²) in [6.45, 7) is 0. The fourth-order valence-corrected chi connectivity index (χ4v) is 3.99. The molecule has 2 aromatic carbocycles. The summed E-state index contributed by atoms with van der Waals surface area (Å²) in [7, 11) is 0. The van der Waals surface area contributed by atoms with Gasteiger partial charge in [-0.2, -0.15) is 4.72 Å². The normalized spacial score (nSPS) is 13.7. The van der Waals surface area contributed by atoms with E-state index >= 15 is 4.39 Å². The molecule has 1 amide bonds.